The second-order valence-corrected chi connectivity index (χ2v) is 11.8. The molecular formula is C23H32N4O5S2. The highest BCUT2D eigenvalue weighted by atomic mass is 32.2. The van der Waals surface area contributed by atoms with Crippen LogP contribution >= 0.6 is 11.3 Å². The fourth-order valence-electron chi connectivity index (χ4n) is 5.12. The predicted molar refractivity (Wildman–Crippen MR) is 128 cm³/mol. The van der Waals surface area contributed by atoms with Crippen molar-refractivity contribution in [1.29, 1.82) is 0 Å². The van der Waals surface area contributed by atoms with Gasteiger partial charge in [-0.1, -0.05) is 6.92 Å². The molecule has 4 rings (SSSR count). The molecule has 0 amide bonds. The number of piperidine rings is 1. The molecule has 2 aromatic heterocycles. The van der Waals surface area contributed by atoms with Gasteiger partial charge in [0.1, 0.15) is 6.33 Å². The van der Waals surface area contributed by atoms with Crippen LogP contribution in [0.3, 0.4) is 0 Å². The number of nitrogens with zero attached hydrogens (tertiary/aromatic N) is 3. The Labute approximate surface area is 204 Å². The number of carbonyl (C=O) groups is 1. The number of aliphatic hydroxyl groups excluding tert-OH is 1. The van der Waals surface area contributed by atoms with Gasteiger partial charge in [-0.3, -0.25) is 13.9 Å². The molecular weight excluding hydrogens is 476 g/mol. The molecule has 2 fully saturated rings. The van der Waals surface area contributed by atoms with E-state index in [1.54, 1.807) is 6.20 Å². The molecule has 0 aromatic carbocycles. The van der Waals surface area contributed by atoms with E-state index in [0.717, 1.165) is 25.2 Å². The van der Waals surface area contributed by atoms with Gasteiger partial charge in [-0.15, -0.1) is 11.3 Å². The van der Waals surface area contributed by atoms with Gasteiger partial charge in [0.2, 0.25) is 5.78 Å². The van der Waals surface area contributed by atoms with Gasteiger partial charge in [-0.25, -0.2) is 15.1 Å². The summed E-state index contributed by atoms with van der Waals surface area (Å²) in [5.41, 5.74) is 2.27. The lowest BCUT2D eigenvalue weighted by Crippen LogP contribution is -2.33. The zero-order valence-corrected chi connectivity index (χ0v) is 20.9. The van der Waals surface area contributed by atoms with Crippen LogP contribution in [-0.4, -0.2) is 60.0 Å². The van der Waals surface area contributed by atoms with Crippen LogP contribution < -0.4 is 5.14 Å². The molecule has 4 atom stereocenters. The fourth-order valence-corrected chi connectivity index (χ4v) is 6.34. The van der Waals surface area contributed by atoms with Crippen LogP contribution in [0.5, 0.6) is 0 Å². The van der Waals surface area contributed by atoms with E-state index in [2.05, 4.69) is 31.4 Å². The molecule has 0 radical (unpaired) electrons. The van der Waals surface area contributed by atoms with E-state index in [0.29, 0.717) is 41.3 Å². The standard InChI is InChI=1S/C23H32N4O5S2/c1-15-3-2-4-27(10-15)11-17-8-22(33-13-17)23(29)19-9-25-14-26-20(19)6-16-5-18(21(28)7-16)12-32-34(24,30)31/h8-9,13-16,18,21,28H,2-7,10-12H2,1H3,(H2,24,30,31)/t15?,16-,18+,21-/m0/s1. The molecule has 186 valence electrons. The number of carbonyl (C=O) groups excluding carboxylic acids is 1. The van der Waals surface area contributed by atoms with Gasteiger partial charge < -0.3 is 5.11 Å². The summed E-state index contributed by atoms with van der Waals surface area (Å²) in [7, 11) is -4.05. The van der Waals surface area contributed by atoms with Gasteiger partial charge in [-0.05, 0) is 67.5 Å². The molecule has 1 aliphatic carbocycles. The normalized spacial score (nSPS) is 26.1. The first kappa shape index (κ1) is 25.3. The highest BCUT2D eigenvalue weighted by Crippen LogP contribution is 2.34. The topological polar surface area (TPSA) is 136 Å². The van der Waals surface area contributed by atoms with E-state index in [1.807, 2.05) is 6.07 Å². The van der Waals surface area contributed by atoms with Gasteiger partial charge in [-0.2, -0.15) is 8.42 Å². The minimum absolute atomic E-state index is 0.0468. The maximum Gasteiger partial charge on any atom is 0.333 e. The number of thiophene rings is 1. The molecule has 1 unspecified atom stereocenters. The zero-order valence-electron chi connectivity index (χ0n) is 19.3. The van der Waals surface area contributed by atoms with Crippen molar-refractivity contribution in [2.24, 2.45) is 22.9 Å². The maximum atomic E-state index is 13.3. The molecule has 11 heteroatoms. The lowest BCUT2D eigenvalue weighted by molar-refractivity contribution is 0.100. The first-order valence-corrected chi connectivity index (χ1v) is 14.0. The fraction of sp³-hybridized carbons (Fsp3) is 0.609. The molecule has 3 heterocycles. The van der Waals surface area contributed by atoms with Gasteiger partial charge >= 0.3 is 10.3 Å². The molecule has 2 aromatic rings. The molecule has 1 saturated heterocycles. The number of nitrogens with two attached hydrogens (primary N) is 1. The van der Waals surface area contributed by atoms with Crippen molar-refractivity contribution in [1.82, 2.24) is 14.9 Å². The van der Waals surface area contributed by atoms with E-state index in [4.69, 9.17) is 5.14 Å². The van der Waals surface area contributed by atoms with Gasteiger partial charge in [0.15, 0.2) is 0 Å². The van der Waals surface area contributed by atoms with E-state index in [1.165, 1.54) is 30.5 Å². The second-order valence-electron chi connectivity index (χ2n) is 9.66. The SMILES string of the molecule is CC1CCCN(Cc2csc(C(=O)c3cncnc3C[C@@H]3C[C@H](COS(N)(=O)=O)[C@@H](O)C3)c2)C1. The molecule has 2 aliphatic rings. The average molecular weight is 509 g/mol. The van der Waals surface area contributed by atoms with E-state index in [9.17, 15) is 18.3 Å². The van der Waals surface area contributed by atoms with Crippen LogP contribution in [0.25, 0.3) is 0 Å². The quantitative estimate of drug-likeness (QED) is 0.492. The summed E-state index contributed by atoms with van der Waals surface area (Å²) < 4.78 is 26.8. The van der Waals surface area contributed by atoms with Gasteiger partial charge in [0, 0.05) is 25.2 Å². The molecule has 0 bridgehead atoms. The van der Waals surface area contributed by atoms with Gasteiger partial charge in [0.25, 0.3) is 0 Å². The van der Waals surface area contributed by atoms with Crippen molar-refractivity contribution in [2.75, 3.05) is 19.7 Å². The summed E-state index contributed by atoms with van der Waals surface area (Å²) in [6.07, 6.45) is 6.33. The number of rotatable bonds is 9. The highest BCUT2D eigenvalue weighted by Gasteiger charge is 2.35. The lowest BCUT2D eigenvalue weighted by atomic mass is 9.96. The van der Waals surface area contributed by atoms with Crippen LogP contribution in [0.1, 0.15) is 59.1 Å². The third-order valence-electron chi connectivity index (χ3n) is 6.75. The number of hydrogen-bond acceptors (Lipinski definition) is 9. The van der Waals surface area contributed by atoms with Crippen LogP contribution in [0.15, 0.2) is 24.0 Å². The minimum Gasteiger partial charge on any atom is -0.393 e. The Hall–Kier alpha value is -1.76. The average Bonchev–Trinajstić information content (AvgIpc) is 3.38. The number of aromatic nitrogens is 2. The van der Waals surface area contributed by atoms with Crippen molar-refractivity contribution < 1.29 is 22.5 Å². The third kappa shape index (κ3) is 6.67. The van der Waals surface area contributed by atoms with E-state index in [-0.39, 0.29) is 24.2 Å². The second kappa shape index (κ2) is 10.9. The van der Waals surface area contributed by atoms with Crippen LogP contribution in [-0.2, 0) is 27.5 Å². The van der Waals surface area contributed by atoms with Crippen molar-refractivity contribution in [3.8, 4) is 0 Å². The molecule has 1 aliphatic heterocycles. The number of aliphatic hydroxyl groups is 1. The summed E-state index contributed by atoms with van der Waals surface area (Å²) in [4.78, 5) is 24.9. The number of hydrogen-bond donors (Lipinski definition) is 2. The molecule has 0 spiro atoms. The van der Waals surface area contributed by atoms with Crippen LogP contribution in [0.4, 0.5) is 0 Å². The Bertz CT molecular complexity index is 1110. The number of ketones is 1. The Kier molecular flexibility index (Phi) is 8.11. The predicted octanol–water partition coefficient (Wildman–Crippen LogP) is 2.15. The first-order chi connectivity index (χ1) is 16.2. The highest BCUT2D eigenvalue weighted by molar-refractivity contribution is 7.84. The molecule has 1 saturated carbocycles. The summed E-state index contributed by atoms with van der Waals surface area (Å²) in [6.45, 7) is 5.17. The van der Waals surface area contributed by atoms with E-state index < -0.39 is 16.4 Å². The first-order valence-electron chi connectivity index (χ1n) is 11.7. The summed E-state index contributed by atoms with van der Waals surface area (Å²) in [5, 5.41) is 17.3. The summed E-state index contributed by atoms with van der Waals surface area (Å²) >= 11 is 1.45. The van der Waals surface area contributed by atoms with E-state index >= 15 is 0 Å². The maximum absolute atomic E-state index is 13.3. The Balaban J connectivity index is 1.40. The summed E-state index contributed by atoms with van der Waals surface area (Å²) in [5.74, 6) is 0.330. The van der Waals surface area contributed by atoms with Gasteiger partial charge in [0.05, 0.1) is 28.8 Å². The zero-order chi connectivity index (χ0) is 24.3. The smallest absolute Gasteiger partial charge is 0.333 e. The largest absolute Gasteiger partial charge is 0.393 e. The Morgan fingerprint density at radius 3 is 2.97 bits per heavy atom. The van der Waals surface area contributed by atoms with Crippen LogP contribution in [0.2, 0.25) is 0 Å². The lowest BCUT2D eigenvalue weighted by Gasteiger charge is -2.30. The van der Waals surface area contributed by atoms with Crippen molar-refractivity contribution >= 4 is 27.4 Å². The molecule has 9 nitrogen and oxygen atoms in total. The summed E-state index contributed by atoms with van der Waals surface area (Å²) in [6, 6.07) is 1.98. The minimum atomic E-state index is -4.05. The van der Waals surface area contributed by atoms with Crippen molar-refractivity contribution in [3.05, 3.63) is 45.7 Å². The molecule has 3 N–H and O–H groups in total. The third-order valence-corrected chi connectivity index (χ3v) is 8.19. The Morgan fingerprint density at radius 2 is 2.21 bits per heavy atom. The molecule has 34 heavy (non-hydrogen) atoms. The van der Waals surface area contributed by atoms with Crippen LogP contribution in [0, 0.1) is 17.8 Å². The number of likely N-dealkylation sites (tertiary alicyclic amines) is 1. The Morgan fingerprint density at radius 1 is 1.38 bits per heavy atom. The van der Waals surface area contributed by atoms with Crippen molar-refractivity contribution in [2.45, 2.75) is 51.7 Å². The monoisotopic (exact) mass is 508 g/mol. The van der Waals surface area contributed by atoms with Crippen molar-refractivity contribution in [3.63, 3.8) is 0 Å².